The summed E-state index contributed by atoms with van der Waals surface area (Å²) in [6, 6.07) is 6.83. The predicted octanol–water partition coefficient (Wildman–Crippen LogP) is 4.63. The highest BCUT2D eigenvalue weighted by Crippen LogP contribution is 2.38. The standard InChI is InChI=1S/C16H11BF6O/c17-8-14(24)10-3-1-9(2-4-10)11-5-12(15(18,19)20)7-13(6-11)16(21,22)23/h1-7H,8,17H2. The molecule has 0 aromatic heterocycles. The number of benzene rings is 2. The Labute approximate surface area is 134 Å². The highest BCUT2D eigenvalue weighted by atomic mass is 19.4. The Bertz CT molecular complexity index is 714. The molecule has 24 heavy (non-hydrogen) atoms. The second kappa shape index (κ2) is 6.34. The summed E-state index contributed by atoms with van der Waals surface area (Å²) in [6.45, 7) is 0. The molecule has 126 valence electrons. The second-order valence-corrected chi connectivity index (χ2v) is 5.15. The molecule has 0 N–H and O–H groups in total. The molecule has 2 aromatic carbocycles. The average Bonchev–Trinajstić information content (AvgIpc) is 2.52. The molecule has 0 atom stereocenters. The first kappa shape index (κ1) is 18.1. The smallest absolute Gasteiger partial charge is 0.295 e. The van der Waals surface area contributed by atoms with Crippen molar-refractivity contribution in [2.45, 2.75) is 18.7 Å². The van der Waals surface area contributed by atoms with Crippen LogP contribution in [-0.4, -0.2) is 13.6 Å². The van der Waals surface area contributed by atoms with Gasteiger partial charge >= 0.3 is 12.4 Å². The first-order valence-corrected chi connectivity index (χ1v) is 6.95. The molecule has 0 fully saturated rings. The van der Waals surface area contributed by atoms with Crippen molar-refractivity contribution >= 4 is 13.6 Å². The maximum absolute atomic E-state index is 12.9. The van der Waals surface area contributed by atoms with Gasteiger partial charge in [-0.2, -0.15) is 26.3 Å². The van der Waals surface area contributed by atoms with Crippen molar-refractivity contribution in [3.8, 4) is 11.1 Å². The summed E-state index contributed by atoms with van der Waals surface area (Å²) in [5.74, 6) is -0.165. The third-order valence-corrected chi connectivity index (χ3v) is 3.45. The van der Waals surface area contributed by atoms with Gasteiger partial charge in [0.2, 0.25) is 0 Å². The van der Waals surface area contributed by atoms with Crippen molar-refractivity contribution < 1.29 is 31.1 Å². The Hall–Kier alpha value is -2.25. The Balaban J connectivity index is 2.55. The predicted molar refractivity (Wildman–Crippen MR) is 79.6 cm³/mol. The summed E-state index contributed by atoms with van der Waals surface area (Å²) in [7, 11) is 1.65. The molecule has 0 aliphatic carbocycles. The number of carbonyl (C=O) groups is 1. The van der Waals surface area contributed by atoms with Crippen LogP contribution in [-0.2, 0) is 12.4 Å². The van der Waals surface area contributed by atoms with Gasteiger partial charge in [-0.1, -0.05) is 24.3 Å². The Morgan fingerprint density at radius 2 is 1.25 bits per heavy atom. The van der Waals surface area contributed by atoms with E-state index in [1.807, 2.05) is 0 Å². The van der Waals surface area contributed by atoms with Crippen molar-refractivity contribution in [2.24, 2.45) is 0 Å². The average molecular weight is 344 g/mol. The van der Waals surface area contributed by atoms with E-state index in [0.717, 1.165) is 0 Å². The van der Waals surface area contributed by atoms with E-state index in [-0.39, 0.29) is 29.3 Å². The molecule has 2 rings (SSSR count). The number of alkyl halides is 6. The van der Waals surface area contributed by atoms with E-state index < -0.39 is 23.5 Å². The molecule has 0 aliphatic heterocycles. The van der Waals surface area contributed by atoms with Gasteiger partial charge in [0.25, 0.3) is 0 Å². The summed E-state index contributed by atoms with van der Waals surface area (Å²) in [4.78, 5) is 11.5. The number of carbonyl (C=O) groups excluding carboxylic acids is 1. The van der Waals surface area contributed by atoms with Gasteiger partial charge in [-0.05, 0) is 35.6 Å². The number of Topliss-reactive ketones (excluding diaryl/α,β-unsaturated/α-hetero) is 1. The Morgan fingerprint density at radius 1 is 0.792 bits per heavy atom. The topological polar surface area (TPSA) is 17.1 Å². The van der Waals surface area contributed by atoms with Gasteiger partial charge in [0.05, 0.1) is 11.1 Å². The molecule has 0 heterocycles. The second-order valence-electron chi connectivity index (χ2n) is 5.15. The van der Waals surface area contributed by atoms with Crippen LogP contribution in [0.3, 0.4) is 0 Å². The van der Waals surface area contributed by atoms with Gasteiger partial charge in [-0.25, -0.2) is 0 Å². The molecule has 0 amide bonds. The van der Waals surface area contributed by atoms with Gasteiger partial charge in [-0.3, -0.25) is 4.79 Å². The molecule has 0 saturated heterocycles. The van der Waals surface area contributed by atoms with Crippen molar-refractivity contribution in [3.63, 3.8) is 0 Å². The van der Waals surface area contributed by atoms with Crippen molar-refractivity contribution in [3.05, 3.63) is 59.2 Å². The fourth-order valence-electron chi connectivity index (χ4n) is 2.17. The minimum absolute atomic E-state index is 0.0818. The molecule has 0 saturated carbocycles. The highest BCUT2D eigenvalue weighted by molar-refractivity contribution is 6.24. The summed E-state index contributed by atoms with van der Waals surface area (Å²) in [5.41, 5.74) is -2.45. The van der Waals surface area contributed by atoms with Crippen LogP contribution in [0, 0.1) is 0 Å². The van der Waals surface area contributed by atoms with Gasteiger partial charge in [0.15, 0.2) is 5.78 Å². The molecule has 0 unspecified atom stereocenters. The lowest BCUT2D eigenvalue weighted by molar-refractivity contribution is -0.143. The molecule has 0 bridgehead atoms. The van der Waals surface area contributed by atoms with E-state index in [2.05, 4.69) is 0 Å². The quantitative estimate of drug-likeness (QED) is 0.451. The van der Waals surface area contributed by atoms with E-state index in [9.17, 15) is 31.1 Å². The van der Waals surface area contributed by atoms with Crippen molar-refractivity contribution in [1.82, 2.24) is 0 Å². The molecule has 0 spiro atoms. The lowest BCUT2D eigenvalue weighted by Gasteiger charge is -2.14. The van der Waals surface area contributed by atoms with Crippen LogP contribution in [0.25, 0.3) is 11.1 Å². The first-order chi connectivity index (χ1) is 11.0. The summed E-state index contributed by atoms with van der Waals surface area (Å²) >= 11 is 0. The van der Waals surface area contributed by atoms with Crippen LogP contribution in [0.5, 0.6) is 0 Å². The van der Waals surface area contributed by atoms with Crippen LogP contribution in [0.4, 0.5) is 26.3 Å². The minimum atomic E-state index is -4.89. The van der Waals surface area contributed by atoms with Gasteiger partial charge < -0.3 is 0 Å². The van der Waals surface area contributed by atoms with E-state index in [0.29, 0.717) is 17.7 Å². The van der Waals surface area contributed by atoms with Crippen LogP contribution in [0.15, 0.2) is 42.5 Å². The van der Waals surface area contributed by atoms with Crippen LogP contribution >= 0.6 is 0 Å². The summed E-state index contributed by atoms with van der Waals surface area (Å²) < 4.78 is 77.1. The highest BCUT2D eigenvalue weighted by Gasteiger charge is 2.36. The lowest BCUT2D eigenvalue weighted by Crippen LogP contribution is -2.11. The van der Waals surface area contributed by atoms with Crippen LogP contribution < -0.4 is 0 Å². The molecular formula is C16H11BF6O. The van der Waals surface area contributed by atoms with Gasteiger partial charge in [0, 0.05) is 5.56 Å². The summed E-state index contributed by atoms with van der Waals surface area (Å²) in [6.07, 6.45) is -9.54. The van der Waals surface area contributed by atoms with Crippen molar-refractivity contribution in [2.75, 3.05) is 0 Å². The minimum Gasteiger partial charge on any atom is -0.295 e. The fraction of sp³-hybridized carbons (Fsp3) is 0.188. The molecule has 2 aromatic rings. The van der Waals surface area contributed by atoms with E-state index >= 15 is 0 Å². The van der Waals surface area contributed by atoms with Crippen LogP contribution in [0.2, 0.25) is 6.32 Å². The maximum Gasteiger partial charge on any atom is 0.416 e. The number of halogens is 6. The Morgan fingerprint density at radius 3 is 1.62 bits per heavy atom. The third kappa shape index (κ3) is 3.99. The zero-order valence-corrected chi connectivity index (χ0v) is 12.4. The monoisotopic (exact) mass is 344 g/mol. The largest absolute Gasteiger partial charge is 0.416 e. The molecule has 8 heteroatoms. The fourth-order valence-corrected chi connectivity index (χ4v) is 2.17. The number of hydrogen-bond donors (Lipinski definition) is 0. The maximum atomic E-state index is 12.9. The number of hydrogen-bond acceptors (Lipinski definition) is 1. The third-order valence-electron chi connectivity index (χ3n) is 3.45. The molecular weight excluding hydrogens is 333 g/mol. The van der Waals surface area contributed by atoms with E-state index in [1.54, 1.807) is 7.85 Å². The number of rotatable bonds is 3. The molecule has 0 radical (unpaired) electrons. The van der Waals surface area contributed by atoms with Gasteiger partial charge in [0.1, 0.15) is 7.85 Å². The Kier molecular flexibility index (Phi) is 4.78. The van der Waals surface area contributed by atoms with Crippen LogP contribution in [0.1, 0.15) is 21.5 Å². The van der Waals surface area contributed by atoms with E-state index in [4.69, 9.17) is 0 Å². The summed E-state index contributed by atoms with van der Waals surface area (Å²) in [5, 5.41) is 0. The lowest BCUT2D eigenvalue weighted by atomic mass is 9.94. The van der Waals surface area contributed by atoms with Crippen molar-refractivity contribution in [1.29, 1.82) is 0 Å². The zero-order valence-electron chi connectivity index (χ0n) is 12.4. The molecule has 1 nitrogen and oxygen atoms in total. The SMILES string of the molecule is BCC(=O)c1ccc(-c2cc(C(F)(F)F)cc(C(F)(F)F)c2)cc1. The normalized spacial score (nSPS) is 12.2. The van der Waals surface area contributed by atoms with E-state index in [1.165, 1.54) is 24.3 Å². The zero-order chi connectivity index (χ0) is 18.1. The number of ketones is 1. The first-order valence-electron chi connectivity index (χ1n) is 6.95. The van der Waals surface area contributed by atoms with Gasteiger partial charge in [-0.15, -0.1) is 0 Å². The molecule has 0 aliphatic rings.